The molecular formula is C6H15N7O3P+. The van der Waals surface area contributed by atoms with Crippen molar-refractivity contribution in [1.82, 2.24) is 15.0 Å². The monoisotopic (exact) mass is 264 g/mol. The van der Waals surface area contributed by atoms with Crippen molar-refractivity contribution in [1.29, 1.82) is 0 Å². The molecule has 1 atom stereocenters. The second-order valence-electron chi connectivity index (χ2n) is 2.57. The fourth-order valence-corrected chi connectivity index (χ4v) is 1.02. The number of nitrogen functional groups attached to an aromatic ring is 3. The summed E-state index contributed by atoms with van der Waals surface area (Å²) in [6.07, 6.45) is 0.810. The molecule has 0 fully saturated rings. The average molecular weight is 264 g/mol. The average Bonchev–Trinajstić information content (AvgIpc) is 2.24. The van der Waals surface area contributed by atoms with E-state index >= 15 is 0 Å². The Morgan fingerprint density at radius 2 is 1.53 bits per heavy atom. The predicted molar refractivity (Wildman–Crippen MR) is 62.2 cm³/mol. The normalized spacial score (nSPS) is 10.4. The van der Waals surface area contributed by atoms with Crippen molar-refractivity contribution in [2.24, 2.45) is 5.90 Å². The molecule has 0 aliphatic heterocycles. The van der Waals surface area contributed by atoms with Crippen LogP contribution in [0, 0.1) is 0 Å². The number of rotatable bonds is 4. The molecule has 8 N–H and O–H groups in total. The van der Waals surface area contributed by atoms with Crippen LogP contribution in [0.15, 0.2) is 0 Å². The third-order valence-electron chi connectivity index (χ3n) is 1.17. The van der Waals surface area contributed by atoms with Gasteiger partial charge < -0.3 is 17.2 Å². The third-order valence-corrected chi connectivity index (χ3v) is 1.74. The van der Waals surface area contributed by atoms with Crippen LogP contribution in [0.1, 0.15) is 13.3 Å². The Morgan fingerprint density at radius 1 is 1.12 bits per heavy atom. The van der Waals surface area contributed by atoms with E-state index in [-0.39, 0.29) is 17.8 Å². The Hall–Kier alpha value is -1.61. The lowest BCUT2D eigenvalue weighted by atomic mass is 10.5. The van der Waals surface area contributed by atoms with E-state index in [9.17, 15) is 4.57 Å². The first kappa shape index (κ1) is 15.4. The molecule has 1 heterocycles. The molecule has 1 rings (SSSR count). The van der Waals surface area contributed by atoms with Crippen LogP contribution in [0.3, 0.4) is 0 Å². The zero-order valence-electron chi connectivity index (χ0n) is 9.24. The van der Waals surface area contributed by atoms with Crippen LogP contribution < -0.4 is 23.1 Å². The highest BCUT2D eigenvalue weighted by molar-refractivity contribution is 7.33. The minimum atomic E-state index is -2.06. The molecule has 1 aromatic heterocycles. The first-order valence-corrected chi connectivity index (χ1v) is 5.58. The molecule has 0 saturated carbocycles. The second-order valence-corrected chi connectivity index (χ2v) is 3.49. The van der Waals surface area contributed by atoms with Crippen molar-refractivity contribution in [3.8, 4) is 0 Å². The van der Waals surface area contributed by atoms with Crippen molar-refractivity contribution in [2.45, 2.75) is 13.3 Å². The standard InChI is InChI=1S/C3H6N6.C3H9NO3P/c4-1-7-2(5)9-3(6)8-1;1-2-3-6-8(5)7-4/h(H6,4,5,6,7,8,9);2-4H2,1H3/q;+1. The lowest BCUT2D eigenvalue weighted by Gasteiger charge is -1.93. The van der Waals surface area contributed by atoms with Crippen molar-refractivity contribution < 1.29 is 13.7 Å². The zero-order chi connectivity index (χ0) is 13.3. The molecule has 0 aromatic carbocycles. The summed E-state index contributed by atoms with van der Waals surface area (Å²) in [6.45, 7) is 2.33. The highest BCUT2D eigenvalue weighted by Gasteiger charge is 2.16. The van der Waals surface area contributed by atoms with Gasteiger partial charge in [0.2, 0.25) is 17.8 Å². The first-order chi connectivity index (χ1) is 7.99. The molecule has 1 unspecified atom stereocenters. The third kappa shape index (κ3) is 8.22. The molecule has 0 spiro atoms. The SMILES string of the molecule is CCCO[P+](=O)ON.Nc1nc(N)nc(N)n1. The maximum Gasteiger partial charge on any atom is 0.716 e. The zero-order valence-corrected chi connectivity index (χ0v) is 10.1. The van der Waals surface area contributed by atoms with Crippen LogP contribution in [0.5, 0.6) is 0 Å². The van der Waals surface area contributed by atoms with E-state index in [1.54, 1.807) is 0 Å². The fraction of sp³-hybridized carbons (Fsp3) is 0.500. The van der Waals surface area contributed by atoms with Gasteiger partial charge in [-0.3, -0.25) is 0 Å². The van der Waals surface area contributed by atoms with E-state index in [0.29, 0.717) is 6.61 Å². The topological polar surface area (TPSA) is 178 Å². The fourth-order valence-electron chi connectivity index (χ4n) is 0.623. The van der Waals surface area contributed by atoms with E-state index in [0.717, 1.165) is 6.42 Å². The number of nitrogens with zero attached hydrogens (tertiary/aromatic N) is 3. The largest absolute Gasteiger partial charge is 0.716 e. The van der Waals surface area contributed by atoms with E-state index < -0.39 is 8.25 Å². The second kappa shape index (κ2) is 8.53. The van der Waals surface area contributed by atoms with Gasteiger partial charge in [0.1, 0.15) is 6.61 Å². The summed E-state index contributed by atoms with van der Waals surface area (Å²) < 4.78 is 18.5. The van der Waals surface area contributed by atoms with Crippen molar-refractivity contribution in [2.75, 3.05) is 23.8 Å². The van der Waals surface area contributed by atoms with Gasteiger partial charge in [0.25, 0.3) is 0 Å². The van der Waals surface area contributed by atoms with Crippen LogP contribution in [0.25, 0.3) is 0 Å². The minimum absolute atomic E-state index is 0.0417. The predicted octanol–water partition coefficient (Wildman–Crippen LogP) is -0.421. The van der Waals surface area contributed by atoms with Crippen LogP contribution in [0.2, 0.25) is 0 Å². The van der Waals surface area contributed by atoms with Crippen LogP contribution >= 0.6 is 8.25 Å². The van der Waals surface area contributed by atoms with E-state index in [2.05, 4.69) is 30.0 Å². The van der Waals surface area contributed by atoms with Gasteiger partial charge in [-0.05, 0) is 11.0 Å². The molecule has 0 bridgehead atoms. The number of nitrogens with two attached hydrogens (primary N) is 4. The summed E-state index contributed by atoms with van der Waals surface area (Å²) >= 11 is 0. The first-order valence-electron chi connectivity index (χ1n) is 4.49. The molecule has 0 saturated heterocycles. The minimum Gasteiger partial charge on any atom is -0.368 e. The Kier molecular flexibility index (Phi) is 7.72. The van der Waals surface area contributed by atoms with Crippen molar-refractivity contribution >= 4 is 26.1 Å². The van der Waals surface area contributed by atoms with Gasteiger partial charge in [-0.15, -0.1) is 4.52 Å². The van der Waals surface area contributed by atoms with Gasteiger partial charge in [-0.1, -0.05) is 6.92 Å². The molecule has 10 nitrogen and oxygen atoms in total. The molecular weight excluding hydrogens is 249 g/mol. The van der Waals surface area contributed by atoms with Gasteiger partial charge in [0.15, 0.2) is 0 Å². The molecule has 0 radical (unpaired) electrons. The van der Waals surface area contributed by atoms with Crippen LogP contribution in [0.4, 0.5) is 17.8 Å². The Bertz CT molecular complexity index is 313. The lowest BCUT2D eigenvalue weighted by Crippen LogP contribution is -2.05. The Morgan fingerprint density at radius 3 is 1.82 bits per heavy atom. The van der Waals surface area contributed by atoms with E-state index in [1.807, 2.05) is 6.92 Å². The molecule has 0 aliphatic carbocycles. The van der Waals surface area contributed by atoms with Crippen LogP contribution in [-0.4, -0.2) is 21.6 Å². The van der Waals surface area contributed by atoms with Gasteiger partial charge in [-0.2, -0.15) is 20.8 Å². The Balaban J connectivity index is 0.000000304. The summed E-state index contributed by atoms with van der Waals surface area (Å²) in [4.78, 5) is 10.5. The summed E-state index contributed by atoms with van der Waals surface area (Å²) in [5.41, 5.74) is 15.4. The maximum atomic E-state index is 10.1. The summed E-state index contributed by atoms with van der Waals surface area (Å²) in [6, 6.07) is 0. The van der Waals surface area contributed by atoms with E-state index in [1.165, 1.54) is 0 Å². The van der Waals surface area contributed by atoms with Gasteiger partial charge in [-0.25, -0.2) is 0 Å². The van der Waals surface area contributed by atoms with Crippen molar-refractivity contribution in [3.63, 3.8) is 0 Å². The van der Waals surface area contributed by atoms with Gasteiger partial charge in [0, 0.05) is 4.57 Å². The number of hydrogen-bond acceptors (Lipinski definition) is 10. The van der Waals surface area contributed by atoms with Crippen molar-refractivity contribution in [3.05, 3.63) is 0 Å². The summed E-state index contributed by atoms with van der Waals surface area (Å²) in [5, 5.41) is 0. The quantitative estimate of drug-likeness (QED) is 0.412. The highest BCUT2D eigenvalue weighted by Crippen LogP contribution is 2.19. The molecule has 11 heteroatoms. The number of aromatic nitrogens is 3. The van der Waals surface area contributed by atoms with Gasteiger partial charge in [0.05, 0.1) is 0 Å². The molecule has 0 amide bonds. The maximum absolute atomic E-state index is 10.1. The highest BCUT2D eigenvalue weighted by atomic mass is 31.1. The summed E-state index contributed by atoms with van der Waals surface area (Å²) in [7, 11) is -2.06. The van der Waals surface area contributed by atoms with Gasteiger partial charge >= 0.3 is 8.25 Å². The van der Waals surface area contributed by atoms with E-state index in [4.69, 9.17) is 17.2 Å². The smallest absolute Gasteiger partial charge is 0.368 e. The number of anilines is 3. The molecule has 96 valence electrons. The molecule has 17 heavy (non-hydrogen) atoms. The molecule has 0 aliphatic rings. The summed E-state index contributed by atoms with van der Waals surface area (Å²) in [5.74, 6) is 4.63. The lowest BCUT2D eigenvalue weighted by molar-refractivity contribution is 0.230. The van der Waals surface area contributed by atoms with Crippen LogP contribution in [-0.2, 0) is 13.7 Å². The Labute approximate surface area is 98.6 Å². The number of hydrogen-bond donors (Lipinski definition) is 4. The molecule has 1 aromatic rings.